The Bertz CT molecular complexity index is 540. The quantitative estimate of drug-likeness (QED) is 0.855. The molecule has 0 amide bonds. The Morgan fingerprint density at radius 3 is 2.39 bits per heavy atom. The summed E-state index contributed by atoms with van der Waals surface area (Å²) in [5, 5.41) is 21.5. The molecule has 0 saturated heterocycles. The first-order chi connectivity index (χ1) is 8.41. The summed E-state index contributed by atoms with van der Waals surface area (Å²) in [6.07, 6.45) is -0.0594. The molecule has 0 fully saturated rings. The number of aliphatic hydroxyl groups excluding tert-OH is 2. The van der Waals surface area contributed by atoms with Crippen LogP contribution in [-0.2, 0) is 0 Å². The van der Waals surface area contributed by atoms with E-state index < -0.39 is 12.2 Å². The topological polar surface area (TPSA) is 53.4 Å². The van der Waals surface area contributed by atoms with E-state index in [1.54, 1.807) is 6.20 Å². The number of nitrogens with zero attached hydrogens (tertiary/aromatic N) is 1. The monoisotopic (exact) mass is 245 g/mol. The van der Waals surface area contributed by atoms with Gasteiger partial charge in [-0.1, -0.05) is 45.0 Å². The fourth-order valence-electron chi connectivity index (χ4n) is 2.01. The highest BCUT2D eigenvalue weighted by atomic mass is 16.3. The second-order valence-corrected chi connectivity index (χ2v) is 5.68. The third kappa shape index (κ3) is 2.37. The van der Waals surface area contributed by atoms with Crippen LogP contribution < -0.4 is 0 Å². The molecule has 18 heavy (non-hydrogen) atoms. The molecule has 2 aromatic rings. The van der Waals surface area contributed by atoms with Crippen LogP contribution in [0.3, 0.4) is 0 Å². The first-order valence-corrected chi connectivity index (χ1v) is 6.11. The average Bonchev–Trinajstić information content (AvgIpc) is 2.35. The Labute approximate surface area is 107 Å². The van der Waals surface area contributed by atoms with E-state index in [1.807, 2.05) is 51.1 Å². The minimum atomic E-state index is -0.927. The van der Waals surface area contributed by atoms with Gasteiger partial charge in [-0.3, -0.25) is 4.98 Å². The summed E-state index contributed by atoms with van der Waals surface area (Å²) < 4.78 is 0. The van der Waals surface area contributed by atoms with Crippen LogP contribution in [0.15, 0.2) is 36.5 Å². The van der Waals surface area contributed by atoms with Gasteiger partial charge in [0.2, 0.25) is 0 Å². The molecule has 1 aromatic carbocycles. The summed E-state index contributed by atoms with van der Waals surface area (Å²) in [5.74, 6) is 0. The van der Waals surface area contributed by atoms with Crippen molar-refractivity contribution in [3.05, 3.63) is 42.1 Å². The first kappa shape index (κ1) is 13.0. The summed E-state index contributed by atoms with van der Waals surface area (Å²) in [6, 6.07) is 9.44. The molecule has 0 radical (unpaired) electrons. The zero-order valence-corrected chi connectivity index (χ0v) is 11.0. The second kappa shape index (κ2) is 4.67. The maximum Gasteiger partial charge on any atom is 0.107 e. The van der Waals surface area contributed by atoms with Crippen molar-refractivity contribution < 1.29 is 10.2 Å². The lowest BCUT2D eigenvalue weighted by Gasteiger charge is -2.30. The lowest BCUT2D eigenvalue weighted by Crippen LogP contribution is -2.32. The molecule has 3 heteroatoms. The molecular formula is C15H19NO2. The zero-order chi connectivity index (χ0) is 13.3. The Kier molecular flexibility index (Phi) is 3.37. The van der Waals surface area contributed by atoms with Crippen LogP contribution in [0.1, 0.15) is 32.4 Å². The van der Waals surface area contributed by atoms with Crippen molar-refractivity contribution in [2.75, 3.05) is 0 Å². The fourth-order valence-corrected chi connectivity index (χ4v) is 2.01. The Balaban J connectivity index is 2.48. The highest BCUT2D eigenvalue weighted by molar-refractivity contribution is 5.81. The van der Waals surface area contributed by atoms with Crippen LogP contribution in [-0.4, -0.2) is 21.3 Å². The van der Waals surface area contributed by atoms with E-state index in [0.717, 1.165) is 10.9 Å². The zero-order valence-electron chi connectivity index (χ0n) is 11.0. The fraction of sp³-hybridized carbons (Fsp3) is 0.400. The van der Waals surface area contributed by atoms with E-state index in [2.05, 4.69) is 4.98 Å². The van der Waals surface area contributed by atoms with Crippen molar-refractivity contribution in [2.45, 2.75) is 33.0 Å². The minimum Gasteiger partial charge on any atom is -0.390 e. The number of rotatable bonds is 2. The van der Waals surface area contributed by atoms with Crippen LogP contribution in [0, 0.1) is 5.41 Å². The molecule has 2 rings (SSSR count). The lowest BCUT2D eigenvalue weighted by atomic mass is 9.83. The molecule has 0 saturated carbocycles. The molecule has 3 nitrogen and oxygen atoms in total. The summed E-state index contributed by atoms with van der Waals surface area (Å²) in [6.45, 7) is 5.71. The third-order valence-electron chi connectivity index (χ3n) is 3.17. The van der Waals surface area contributed by atoms with Crippen molar-refractivity contribution in [1.29, 1.82) is 0 Å². The van der Waals surface area contributed by atoms with Gasteiger partial charge >= 0.3 is 0 Å². The summed E-state index contributed by atoms with van der Waals surface area (Å²) in [7, 11) is 0. The van der Waals surface area contributed by atoms with Gasteiger partial charge in [0.15, 0.2) is 0 Å². The molecule has 0 aliphatic carbocycles. The molecule has 1 aromatic heterocycles. The Morgan fingerprint density at radius 2 is 1.72 bits per heavy atom. The molecule has 0 spiro atoms. The van der Waals surface area contributed by atoms with Crippen LogP contribution in [0.2, 0.25) is 0 Å². The molecule has 0 aliphatic heterocycles. The first-order valence-electron chi connectivity index (χ1n) is 6.11. The molecule has 2 N–H and O–H groups in total. The van der Waals surface area contributed by atoms with Gasteiger partial charge in [-0.2, -0.15) is 0 Å². The predicted octanol–water partition coefficient (Wildman–Crippen LogP) is 2.68. The van der Waals surface area contributed by atoms with Crippen molar-refractivity contribution in [2.24, 2.45) is 5.41 Å². The number of para-hydroxylation sites is 1. The average molecular weight is 245 g/mol. The predicted molar refractivity (Wildman–Crippen MR) is 72.2 cm³/mol. The summed E-state index contributed by atoms with van der Waals surface area (Å²) in [4.78, 5) is 4.30. The van der Waals surface area contributed by atoms with E-state index in [1.165, 1.54) is 0 Å². The van der Waals surface area contributed by atoms with Crippen molar-refractivity contribution in [3.8, 4) is 0 Å². The highest BCUT2D eigenvalue weighted by Crippen LogP contribution is 2.32. The van der Waals surface area contributed by atoms with E-state index in [9.17, 15) is 10.2 Å². The highest BCUT2D eigenvalue weighted by Gasteiger charge is 2.31. The van der Waals surface area contributed by atoms with Gasteiger partial charge in [0.1, 0.15) is 6.10 Å². The van der Waals surface area contributed by atoms with Gasteiger partial charge in [0.05, 0.1) is 11.6 Å². The van der Waals surface area contributed by atoms with Gasteiger partial charge in [0.25, 0.3) is 0 Å². The maximum atomic E-state index is 10.3. The standard InChI is InChI=1S/C15H19NO2/c1-15(2,3)14(18)13(17)11-8-4-6-10-7-5-9-16-12(10)11/h4-9,13-14,17-18H,1-3H3. The number of fused-ring (bicyclic) bond motifs is 1. The summed E-state index contributed by atoms with van der Waals surface area (Å²) >= 11 is 0. The molecule has 2 unspecified atom stereocenters. The number of aromatic nitrogens is 1. The molecule has 0 bridgehead atoms. The van der Waals surface area contributed by atoms with Gasteiger partial charge in [-0.05, 0) is 11.5 Å². The summed E-state index contributed by atoms with van der Waals surface area (Å²) in [5.41, 5.74) is 1.04. The normalized spacial score (nSPS) is 15.6. The molecular weight excluding hydrogens is 226 g/mol. The smallest absolute Gasteiger partial charge is 0.107 e. The van der Waals surface area contributed by atoms with E-state index in [4.69, 9.17) is 0 Å². The van der Waals surface area contributed by atoms with E-state index >= 15 is 0 Å². The van der Waals surface area contributed by atoms with Crippen LogP contribution in [0.5, 0.6) is 0 Å². The van der Waals surface area contributed by atoms with Crippen molar-refractivity contribution >= 4 is 10.9 Å². The molecule has 2 atom stereocenters. The number of hydrogen-bond acceptors (Lipinski definition) is 3. The van der Waals surface area contributed by atoms with E-state index in [-0.39, 0.29) is 5.41 Å². The van der Waals surface area contributed by atoms with Crippen LogP contribution in [0.4, 0.5) is 0 Å². The molecule has 96 valence electrons. The SMILES string of the molecule is CC(C)(C)C(O)C(O)c1cccc2cccnc12. The Hall–Kier alpha value is -1.45. The molecule has 0 aliphatic rings. The third-order valence-corrected chi connectivity index (χ3v) is 3.17. The second-order valence-electron chi connectivity index (χ2n) is 5.68. The van der Waals surface area contributed by atoms with Gasteiger partial charge < -0.3 is 10.2 Å². The number of pyridine rings is 1. The maximum absolute atomic E-state index is 10.3. The largest absolute Gasteiger partial charge is 0.390 e. The lowest BCUT2D eigenvalue weighted by molar-refractivity contribution is -0.0452. The van der Waals surface area contributed by atoms with Crippen LogP contribution in [0.25, 0.3) is 10.9 Å². The Morgan fingerprint density at radius 1 is 1.06 bits per heavy atom. The minimum absolute atomic E-state index is 0.379. The number of benzene rings is 1. The van der Waals surface area contributed by atoms with Gasteiger partial charge in [-0.25, -0.2) is 0 Å². The van der Waals surface area contributed by atoms with E-state index in [0.29, 0.717) is 5.56 Å². The van der Waals surface area contributed by atoms with Crippen molar-refractivity contribution in [1.82, 2.24) is 4.98 Å². The number of aliphatic hydroxyl groups is 2. The molecule has 1 heterocycles. The van der Waals surface area contributed by atoms with Gasteiger partial charge in [0, 0.05) is 17.1 Å². The van der Waals surface area contributed by atoms with Crippen LogP contribution >= 0.6 is 0 Å². The van der Waals surface area contributed by atoms with Gasteiger partial charge in [-0.15, -0.1) is 0 Å². The number of hydrogen-bond donors (Lipinski definition) is 2. The van der Waals surface area contributed by atoms with Crippen molar-refractivity contribution in [3.63, 3.8) is 0 Å².